The van der Waals surface area contributed by atoms with Crippen molar-refractivity contribution in [3.05, 3.63) is 201 Å². The molecular formula is C48H31IrN3O2-2. The van der Waals surface area contributed by atoms with Crippen molar-refractivity contribution in [1.82, 2.24) is 14.5 Å². The summed E-state index contributed by atoms with van der Waals surface area (Å²) in [6, 6.07) is 60.7. The van der Waals surface area contributed by atoms with E-state index in [0.717, 1.165) is 83.7 Å². The molecule has 0 aliphatic heterocycles. The van der Waals surface area contributed by atoms with Gasteiger partial charge in [0.2, 0.25) is 0 Å². The van der Waals surface area contributed by atoms with Crippen molar-refractivity contribution in [1.29, 1.82) is 0 Å². The van der Waals surface area contributed by atoms with Crippen LogP contribution < -0.4 is 0 Å². The second-order valence-corrected chi connectivity index (χ2v) is 12.5. The molecule has 4 aromatic heterocycles. The van der Waals surface area contributed by atoms with Gasteiger partial charge in [-0.05, 0) is 46.6 Å². The van der Waals surface area contributed by atoms with Crippen molar-refractivity contribution in [2.75, 3.05) is 0 Å². The van der Waals surface area contributed by atoms with Crippen LogP contribution in [0.4, 0.5) is 0 Å². The zero-order chi connectivity index (χ0) is 35.4. The van der Waals surface area contributed by atoms with E-state index in [0.29, 0.717) is 0 Å². The van der Waals surface area contributed by atoms with Gasteiger partial charge in [0.15, 0.2) is 0 Å². The molecule has 0 aliphatic rings. The van der Waals surface area contributed by atoms with Crippen LogP contribution in [-0.4, -0.2) is 14.5 Å². The van der Waals surface area contributed by atoms with Crippen LogP contribution in [0.15, 0.2) is 197 Å². The summed E-state index contributed by atoms with van der Waals surface area (Å²) in [6.45, 7) is 0. The van der Waals surface area contributed by atoms with Gasteiger partial charge in [0.25, 0.3) is 0 Å². The van der Waals surface area contributed by atoms with Crippen molar-refractivity contribution in [2.45, 2.75) is 0 Å². The smallest absolute Gasteiger partial charge is 0.0980 e. The molecule has 0 spiro atoms. The molecule has 0 bridgehead atoms. The van der Waals surface area contributed by atoms with Crippen molar-refractivity contribution in [3.8, 4) is 61.7 Å². The number of benzene rings is 6. The fourth-order valence-electron chi connectivity index (χ4n) is 6.73. The van der Waals surface area contributed by atoms with Gasteiger partial charge in [-0.2, -0.15) is 0 Å². The van der Waals surface area contributed by atoms with Crippen LogP contribution in [0, 0.1) is 12.3 Å². The summed E-state index contributed by atoms with van der Waals surface area (Å²) in [5.74, 6) is 0.773. The molecule has 4 heterocycles. The molecule has 1 radical (unpaired) electrons. The minimum Gasteiger partial charge on any atom is -0.557 e. The van der Waals surface area contributed by atoms with E-state index in [-0.39, 0.29) is 20.1 Å². The monoisotopic (exact) mass is 874 g/mol. The summed E-state index contributed by atoms with van der Waals surface area (Å²) in [7, 11) is 0. The number of para-hydroxylation sites is 3. The minimum atomic E-state index is 0. The summed E-state index contributed by atoms with van der Waals surface area (Å²) in [4.78, 5) is 9.41. The van der Waals surface area contributed by atoms with Gasteiger partial charge in [0.1, 0.15) is 0 Å². The number of hydrogen-bond donors (Lipinski definition) is 0. The quantitative estimate of drug-likeness (QED) is 0.156. The number of furan rings is 2. The number of imidazole rings is 1. The van der Waals surface area contributed by atoms with E-state index in [9.17, 15) is 0 Å². The Kier molecular flexibility index (Phi) is 9.94. The van der Waals surface area contributed by atoms with E-state index < -0.39 is 0 Å². The van der Waals surface area contributed by atoms with Gasteiger partial charge >= 0.3 is 0 Å². The standard InChI is InChI=1S/C37H23N2O2.C11H8N.Ir/c1-3-10-25(11-4-1)29-14-9-15-30(26-12-5-2-6-13-26)36(29)39-34-17-8-7-16-33(34)38-37(39)32-24-41-35-19-18-27(22-31(32)35)28-20-21-40-23-28;1-2-6-10(7-3-1)11-8-4-5-9-12-11;/h1-23H;1-6,8-9H;/q2*-1;. The molecule has 0 N–H and O–H groups in total. The Hall–Kier alpha value is -6.59. The number of pyridine rings is 1. The van der Waals surface area contributed by atoms with Crippen LogP contribution in [0.1, 0.15) is 0 Å². The molecule has 6 aromatic carbocycles. The largest absolute Gasteiger partial charge is 0.557 e. The van der Waals surface area contributed by atoms with Crippen molar-refractivity contribution < 1.29 is 28.9 Å². The third-order valence-corrected chi connectivity index (χ3v) is 9.23. The third kappa shape index (κ3) is 6.72. The maximum atomic E-state index is 5.99. The second-order valence-electron chi connectivity index (χ2n) is 12.5. The van der Waals surface area contributed by atoms with E-state index in [4.69, 9.17) is 13.8 Å². The number of hydrogen-bond acceptors (Lipinski definition) is 4. The van der Waals surface area contributed by atoms with Crippen molar-refractivity contribution >= 4 is 22.0 Å². The van der Waals surface area contributed by atoms with Crippen LogP contribution in [0.3, 0.4) is 0 Å². The summed E-state index contributed by atoms with van der Waals surface area (Å²) in [5, 5.41) is 0.943. The van der Waals surface area contributed by atoms with E-state index in [1.54, 1.807) is 18.7 Å². The minimum absolute atomic E-state index is 0. The summed E-state index contributed by atoms with van der Waals surface area (Å²) in [5.41, 5.74) is 13.1. The van der Waals surface area contributed by atoms with Crippen molar-refractivity contribution in [3.63, 3.8) is 0 Å². The first-order chi connectivity index (χ1) is 26.3. The molecule has 0 unspecified atom stereocenters. The maximum absolute atomic E-state index is 5.99. The average Bonchev–Trinajstić information content (AvgIpc) is 4.01. The van der Waals surface area contributed by atoms with Crippen molar-refractivity contribution in [2.24, 2.45) is 0 Å². The molecule has 0 amide bonds. The Morgan fingerprint density at radius 2 is 1.31 bits per heavy atom. The van der Waals surface area contributed by atoms with Gasteiger partial charge in [-0.25, -0.2) is 0 Å². The van der Waals surface area contributed by atoms with Gasteiger partial charge in [-0.15, -0.1) is 35.9 Å². The van der Waals surface area contributed by atoms with Crippen LogP contribution in [0.5, 0.6) is 0 Å². The predicted molar refractivity (Wildman–Crippen MR) is 212 cm³/mol. The molecule has 0 atom stereocenters. The van der Waals surface area contributed by atoms with Crippen LogP contribution in [-0.2, 0) is 20.1 Å². The van der Waals surface area contributed by atoms with Crippen LogP contribution >= 0.6 is 0 Å². The third-order valence-electron chi connectivity index (χ3n) is 9.23. The van der Waals surface area contributed by atoms with Crippen LogP contribution in [0.25, 0.3) is 83.7 Å². The first-order valence-corrected chi connectivity index (χ1v) is 17.4. The number of fused-ring (bicyclic) bond motifs is 2. The molecule has 5 nitrogen and oxygen atoms in total. The molecule has 0 fully saturated rings. The predicted octanol–water partition coefficient (Wildman–Crippen LogP) is 12.4. The molecule has 54 heavy (non-hydrogen) atoms. The summed E-state index contributed by atoms with van der Waals surface area (Å²) >= 11 is 0. The molecule has 0 saturated carbocycles. The normalized spacial score (nSPS) is 10.8. The van der Waals surface area contributed by atoms with E-state index in [1.807, 2.05) is 78.9 Å². The fourth-order valence-corrected chi connectivity index (χ4v) is 6.73. The molecule has 6 heteroatoms. The number of rotatable bonds is 6. The van der Waals surface area contributed by atoms with Gasteiger partial charge in [0.05, 0.1) is 35.1 Å². The number of aromatic nitrogens is 3. The molecular weight excluding hydrogens is 843 g/mol. The van der Waals surface area contributed by atoms with Gasteiger partial charge < -0.3 is 18.4 Å². The van der Waals surface area contributed by atoms with Gasteiger partial charge in [-0.3, -0.25) is 4.98 Å². The van der Waals surface area contributed by atoms with Gasteiger partial charge in [-0.1, -0.05) is 132 Å². The van der Waals surface area contributed by atoms with Crippen LogP contribution in [0.2, 0.25) is 0 Å². The average molecular weight is 874 g/mol. The maximum Gasteiger partial charge on any atom is 0.0980 e. The molecule has 261 valence electrons. The fraction of sp³-hybridized carbons (Fsp3) is 0. The zero-order valence-electron chi connectivity index (χ0n) is 28.9. The van der Waals surface area contributed by atoms with E-state index in [1.165, 1.54) is 0 Å². The van der Waals surface area contributed by atoms with E-state index in [2.05, 4.69) is 113 Å². The SMILES string of the molecule is [Ir].[c-]1ccccc1-c1ccccn1.[c-]1oc2ccc(-c3ccoc3)cc2c1-c1nc2ccccc2n1-c1c(-c2ccccc2)cccc1-c1ccccc1. The van der Waals surface area contributed by atoms with E-state index >= 15 is 0 Å². The number of nitrogens with zero attached hydrogens (tertiary/aromatic N) is 3. The Morgan fingerprint density at radius 1 is 0.593 bits per heavy atom. The molecule has 0 aliphatic carbocycles. The zero-order valence-corrected chi connectivity index (χ0v) is 31.3. The topological polar surface area (TPSA) is 57.0 Å². The Balaban J connectivity index is 0.000000271. The Bertz CT molecular complexity index is 2660. The first kappa shape index (κ1) is 34.5. The molecule has 0 saturated heterocycles. The molecule has 10 aromatic rings. The summed E-state index contributed by atoms with van der Waals surface area (Å²) in [6.07, 6.45) is 8.44. The Labute approximate surface area is 326 Å². The molecule has 10 rings (SSSR count). The van der Waals surface area contributed by atoms with Gasteiger partial charge in [0, 0.05) is 54.8 Å². The summed E-state index contributed by atoms with van der Waals surface area (Å²) < 4.78 is 13.6. The first-order valence-electron chi connectivity index (χ1n) is 17.4. The Morgan fingerprint density at radius 3 is 2.00 bits per heavy atom. The second kappa shape index (κ2) is 15.6.